The molecule has 5 heteroatoms. The first-order valence-electron chi connectivity index (χ1n) is 6.89. The molecular formula is C16H18N4O. The number of fused-ring (bicyclic) bond motifs is 1. The van der Waals surface area contributed by atoms with Crippen LogP contribution in [0.15, 0.2) is 53.8 Å². The van der Waals surface area contributed by atoms with E-state index >= 15 is 0 Å². The molecule has 0 fully saturated rings. The maximum atomic E-state index is 5.46. The summed E-state index contributed by atoms with van der Waals surface area (Å²) in [5.74, 6) is 0.911. The Hall–Kier alpha value is -2.56. The predicted molar refractivity (Wildman–Crippen MR) is 82.2 cm³/mol. The van der Waals surface area contributed by atoms with E-state index in [0.29, 0.717) is 6.54 Å². The number of nitrogens with zero attached hydrogens (tertiary/aromatic N) is 2. The molecule has 0 bridgehead atoms. The van der Waals surface area contributed by atoms with Crippen LogP contribution in [0.2, 0.25) is 0 Å². The van der Waals surface area contributed by atoms with Crippen LogP contribution in [0.3, 0.4) is 0 Å². The van der Waals surface area contributed by atoms with Crippen molar-refractivity contribution in [3.8, 4) is 0 Å². The molecule has 5 nitrogen and oxygen atoms in total. The Kier molecular flexibility index (Phi) is 3.73. The van der Waals surface area contributed by atoms with Gasteiger partial charge in [-0.25, -0.2) is 0 Å². The molecule has 1 aliphatic heterocycles. The van der Waals surface area contributed by atoms with E-state index in [4.69, 9.17) is 4.74 Å². The van der Waals surface area contributed by atoms with Crippen molar-refractivity contribution in [2.24, 2.45) is 0 Å². The van der Waals surface area contributed by atoms with Crippen LogP contribution in [0.25, 0.3) is 11.0 Å². The molecule has 108 valence electrons. The molecule has 0 amide bonds. The van der Waals surface area contributed by atoms with Crippen molar-refractivity contribution in [3.05, 3.63) is 59.4 Å². The zero-order chi connectivity index (χ0) is 14.7. The van der Waals surface area contributed by atoms with E-state index < -0.39 is 0 Å². The molecule has 1 aromatic heterocycles. The summed E-state index contributed by atoms with van der Waals surface area (Å²) in [6.45, 7) is 3.59. The zero-order valence-electron chi connectivity index (χ0n) is 12.2. The average Bonchev–Trinajstić information content (AvgIpc) is 2.52. The summed E-state index contributed by atoms with van der Waals surface area (Å²) in [6, 6.07) is 6.10. The number of aromatic nitrogens is 2. The molecule has 2 aromatic rings. The molecule has 2 heterocycles. The van der Waals surface area contributed by atoms with Crippen LogP contribution in [0.5, 0.6) is 0 Å². The second-order valence-corrected chi connectivity index (χ2v) is 4.99. The van der Waals surface area contributed by atoms with Gasteiger partial charge in [0.2, 0.25) is 0 Å². The number of benzene rings is 1. The number of rotatable bonds is 4. The van der Waals surface area contributed by atoms with E-state index in [0.717, 1.165) is 34.6 Å². The van der Waals surface area contributed by atoms with Gasteiger partial charge in [0.15, 0.2) is 0 Å². The Labute approximate surface area is 123 Å². The van der Waals surface area contributed by atoms with Crippen molar-refractivity contribution in [1.29, 1.82) is 0 Å². The first-order valence-corrected chi connectivity index (χ1v) is 6.89. The molecule has 0 aliphatic carbocycles. The fourth-order valence-electron chi connectivity index (χ4n) is 2.41. The third-order valence-electron chi connectivity index (χ3n) is 3.47. The summed E-state index contributed by atoms with van der Waals surface area (Å²) in [5, 5.41) is 6.63. The quantitative estimate of drug-likeness (QED) is 0.899. The van der Waals surface area contributed by atoms with Crippen molar-refractivity contribution in [3.63, 3.8) is 0 Å². The number of hydrogen-bond donors (Lipinski definition) is 2. The van der Waals surface area contributed by atoms with Gasteiger partial charge in [0.1, 0.15) is 5.76 Å². The van der Waals surface area contributed by atoms with Gasteiger partial charge in [0, 0.05) is 31.7 Å². The number of methoxy groups -OCH3 is 1. The fourth-order valence-corrected chi connectivity index (χ4v) is 2.41. The largest absolute Gasteiger partial charge is 0.495 e. The third-order valence-corrected chi connectivity index (χ3v) is 3.47. The Morgan fingerprint density at radius 2 is 2.05 bits per heavy atom. The SMILES string of the molecule is COC1=C(C)CNC=C1NCc1ccc2nccnc2c1. The molecule has 1 aromatic carbocycles. The van der Waals surface area contributed by atoms with E-state index in [-0.39, 0.29) is 0 Å². The fraction of sp³-hybridized carbons (Fsp3) is 0.250. The molecule has 0 unspecified atom stereocenters. The Morgan fingerprint density at radius 3 is 2.86 bits per heavy atom. The van der Waals surface area contributed by atoms with Gasteiger partial charge in [-0.05, 0) is 30.2 Å². The van der Waals surface area contributed by atoms with Crippen LogP contribution >= 0.6 is 0 Å². The summed E-state index contributed by atoms with van der Waals surface area (Å²) < 4.78 is 5.46. The molecule has 0 atom stereocenters. The first-order chi connectivity index (χ1) is 10.3. The average molecular weight is 282 g/mol. The van der Waals surface area contributed by atoms with Crippen LogP contribution < -0.4 is 10.6 Å². The molecule has 1 aliphatic rings. The minimum absolute atomic E-state index is 0.708. The molecule has 2 N–H and O–H groups in total. The van der Waals surface area contributed by atoms with Crippen molar-refractivity contribution in [2.75, 3.05) is 13.7 Å². The minimum atomic E-state index is 0.708. The van der Waals surface area contributed by atoms with E-state index in [1.54, 1.807) is 19.5 Å². The van der Waals surface area contributed by atoms with Crippen LogP contribution in [0, 0.1) is 0 Å². The van der Waals surface area contributed by atoms with E-state index in [9.17, 15) is 0 Å². The molecule has 3 rings (SSSR count). The first kappa shape index (κ1) is 13.4. The third kappa shape index (κ3) is 2.81. The highest BCUT2D eigenvalue weighted by atomic mass is 16.5. The van der Waals surface area contributed by atoms with Crippen LogP contribution in [-0.2, 0) is 11.3 Å². The summed E-state index contributed by atoms with van der Waals surface area (Å²) in [4.78, 5) is 8.60. The van der Waals surface area contributed by atoms with E-state index in [2.05, 4.69) is 39.7 Å². The lowest BCUT2D eigenvalue weighted by Crippen LogP contribution is -2.25. The lowest BCUT2D eigenvalue weighted by atomic mass is 10.1. The van der Waals surface area contributed by atoms with Gasteiger partial charge in [0.05, 0.1) is 23.8 Å². The van der Waals surface area contributed by atoms with Gasteiger partial charge in [-0.3, -0.25) is 9.97 Å². The van der Waals surface area contributed by atoms with Gasteiger partial charge >= 0.3 is 0 Å². The van der Waals surface area contributed by atoms with Gasteiger partial charge in [-0.1, -0.05) is 6.07 Å². The van der Waals surface area contributed by atoms with Gasteiger partial charge < -0.3 is 15.4 Å². The topological polar surface area (TPSA) is 59.1 Å². The zero-order valence-corrected chi connectivity index (χ0v) is 12.2. The maximum absolute atomic E-state index is 5.46. The lowest BCUT2D eigenvalue weighted by Gasteiger charge is -2.21. The predicted octanol–water partition coefficient (Wildman–Crippen LogP) is 2.08. The standard InChI is InChI=1S/C16H18N4O/c1-11-8-17-10-15(16(11)21-2)20-9-12-3-4-13-14(7-12)19-6-5-18-13/h3-7,10,17,20H,8-9H2,1-2H3. The number of dihydropyridines is 1. The molecule has 0 radical (unpaired) electrons. The summed E-state index contributed by atoms with van der Waals surface area (Å²) in [5.41, 5.74) is 5.13. The Balaban J connectivity index is 1.76. The van der Waals surface area contributed by atoms with E-state index in [1.807, 2.05) is 12.3 Å². The van der Waals surface area contributed by atoms with Crippen molar-refractivity contribution in [1.82, 2.24) is 20.6 Å². The highest BCUT2D eigenvalue weighted by molar-refractivity contribution is 5.74. The van der Waals surface area contributed by atoms with Gasteiger partial charge in [0.25, 0.3) is 0 Å². The number of ether oxygens (including phenoxy) is 1. The second-order valence-electron chi connectivity index (χ2n) is 4.99. The summed E-state index contributed by atoms with van der Waals surface area (Å²) >= 11 is 0. The molecule has 0 spiro atoms. The summed E-state index contributed by atoms with van der Waals surface area (Å²) in [7, 11) is 1.70. The highest BCUT2D eigenvalue weighted by Crippen LogP contribution is 2.17. The second kappa shape index (κ2) is 5.83. The van der Waals surface area contributed by atoms with E-state index in [1.165, 1.54) is 5.57 Å². The van der Waals surface area contributed by atoms with Crippen molar-refractivity contribution < 1.29 is 4.74 Å². The maximum Gasteiger partial charge on any atom is 0.144 e. The van der Waals surface area contributed by atoms with Crippen LogP contribution in [-0.4, -0.2) is 23.6 Å². The number of nitrogens with one attached hydrogen (secondary N) is 2. The molecule has 21 heavy (non-hydrogen) atoms. The Bertz CT molecular complexity index is 721. The molecule has 0 saturated heterocycles. The van der Waals surface area contributed by atoms with Gasteiger partial charge in [-0.2, -0.15) is 0 Å². The smallest absolute Gasteiger partial charge is 0.144 e. The number of hydrogen-bond acceptors (Lipinski definition) is 5. The van der Waals surface area contributed by atoms with Gasteiger partial charge in [-0.15, -0.1) is 0 Å². The van der Waals surface area contributed by atoms with Crippen molar-refractivity contribution >= 4 is 11.0 Å². The Morgan fingerprint density at radius 1 is 1.24 bits per heavy atom. The monoisotopic (exact) mass is 282 g/mol. The summed E-state index contributed by atoms with van der Waals surface area (Å²) in [6.07, 6.45) is 5.37. The molecular weight excluding hydrogens is 264 g/mol. The highest BCUT2D eigenvalue weighted by Gasteiger charge is 2.13. The normalized spacial score (nSPS) is 14.7. The van der Waals surface area contributed by atoms with Crippen LogP contribution in [0.1, 0.15) is 12.5 Å². The lowest BCUT2D eigenvalue weighted by molar-refractivity contribution is 0.287. The van der Waals surface area contributed by atoms with Crippen LogP contribution in [0.4, 0.5) is 0 Å². The minimum Gasteiger partial charge on any atom is -0.495 e. The molecule has 0 saturated carbocycles. The van der Waals surface area contributed by atoms with Crippen molar-refractivity contribution in [2.45, 2.75) is 13.5 Å².